The fourth-order valence-corrected chi connectivity index (χ4v) is 1.24. The second-order valence-electron chi connectivity index (χ2n) is 3.03. The fraction of sp³-hybridized carbons (Fsp3) is 0.333. The molecule has 0 heterocycles. The quantitative estimate of drug-likeness (QED) is 0.591. The van der Waals surface area contributed by atoms with E-state index in [1.165, 1.54) is 5.56 Å². The number of hydrogen-bond donors (Lipinski definition) is 0. The fourth-order valence-electron chi connectivity index (χ4n) is 1.24. The summed E-state index contributed by atoms with van der Waals surface area (Å²) in [6.07, 6.45) is 8.59. The Bertz CT molecular complexity index is 253. The van der Waals surface area contributed by atoms with Gasteiger partial charge in [0.15, 0.2) is 0 Å². The molecule has 61 valence electrons. The van der Waals surface area contributed by atoms with Crippen LogP contribution in [0.25, 0.3) is 0 Å². The van der Waals surface area contributed by atoms with E-state index in [9.17, 15) is 0 Å². The molecule has 0 bridgehead atoms. The minimum atomic E-state index is 0.545. The van der Waals surface area contributed by atoms with Crippen molar-refractivity contribution in [1.82, 2.24) is 0 Å². The van der Waals surface area contributed by atoms with Crippen LogP contribution in [-0.4, -0.2) is 0 Å². The minimum absolute atomic E-state index is 0.545. The average molecular weight is 157 g/mol. The largest absolute Gasteiger partial charge is 0.0891 e. The molecular weight excluding hydrogens is 144 g/mol. The van der Waals surface area contributed by atoms with Crippen LogP contribution < -0.4 is 0 Å². The van der Waals surface area contributed by atoms with E-state index < -0.39 is 0 Å². The zero-order chi connectivity index (χ0) is 8.81. The summed E-state index contributed by atoms with van der Waals surface area (Å²) in [6.45, 7) is 2.19. The highest BCUT2D eigenvalue weighted by Crippen LogP contribution is 2.19. The van der Waals surface area contributed by atoms with Crippen LogP contribution in [-0.2, 0) is 0 Å². The van der Waals surface area contributed by atoms with Crippen molar-refractivity contribution in [2.75, 3.05) is 0 Å². The summed E-state index contributed by atoms with van der Waals surface area (Å²) in [5, 5.41) is 0. The van der Waals surface area contributed by atoms with Gasteiger partial charge in [0, 0.05) is 6.42 Å². The van der Waals surface area contributed by atoms with Crippen LogP contribution in [0.2, 0.25) is 0 Å². The van der Waals surface area contributed by atoms with E-state index in [1.807, 2.05) is 6.07 Å². The average Bonchev–Trinajstić information content (AvgIpc) is 2.15. The molecule has 12 heavy (non-hydrogen) atoms. The molecule has 1 atom stereocenters. The van der Waals surface area contributed by atoms with Crippen molar-refractivity contribution in [2.45, 2.75) is 25.7 Å². The van der Waals surface area contributed by atoms with E-state index >= 15 is 0 Å². The van der Waals surface area contributed by atoms with Gasteiger partial charge in [-0.15, -0.1) is 0 Å². The molecule has 0 nitrogen and oxygen atoms in total. The molecule has 0 fully saturated rings. The zero-order valence-corrected chi connectivity index (χ0v) is 7.38. The van der Waals surface area contributed by atoms with Crippen LogP contribution in [0.5, 0.6) is 0 Å². The Balaban J connectivity index is 2.55. The zero-order valence-electron chi connectivity index (χ0n) is 7.38. The molecule has 0 aliphatic carbocycles. The van der Waals surface area contributed by atoms with Crippen LogP contribution in [0.3, 0.4) is 0 Å². The Morgan fingerprint density at radius 3 is 2.58 bits per heavy atom. The molecule has 1 rings (SSSR count). The Morgan fingerprint density at radius 1 is 1.33 bits per heavy atom. The topological polar surface area (TPSA) is 0 Å². The van der Waals surface area contributed by atoms with E-state index in [0.29, 0.717) is 5.92 Å². The molecular formula is C12H13. The van der Waals surface area contributed by atoms with Gasteiger partial charge in [-0.1, -0.05) is 43.2 Å². The number of hydrogen-bond acceptors (Lipinski definition) is 0. The maximum Gasteiger partial charge on any atom is 0.0105 e. The van der Waals surface area contributed by atoms with Gasteiger partial charge < -0.3 is 0 Å². The van der Waals surface area contributed by atoms with Crippen molar-refractivity contribution in [2.24, 2.45) is 0 Å². The van der Waals surface area contributed by atoms with Gasteiger partial charge in [0.05, 0.1) is 0 Å². The Labute approximate surface area is 74.6 Å². The molecule has 0 aliphatic heterocycles. The minimum Gasteiger partial charge on any atom is -0.0891 e. The number of rotatable bonds is 3. The highest BCUT2D eigenvalue weighted by molar-refractivity contribution is 5.18. The van der Waals surface area contributed by atoms with Crippen molar-refractivity contribution in [3.8, 4) is 5.92 Å². The molecule has 0 N–H and O–H groups in total. The summed E-state index contributed by atoms with van der Waals surface area (Å²) in [4.78, 5) is 0. The third-order valence-corrected chi connectivity index (χ3v) is 2.07. The summed E-state index contributed by atoms with van der Waals surface area (Å²) in [7, 11) is 0. The molecule has 0 aliphatic rings. The first-order valence-corrected chi connectivity index (χ1v) is 4.29. The molecule has 1 aromatic rings. The standard InChI is InChI=1S/C12H13/c1-3-4-8-11(2)12-9-6-5-7-10-12/h5-7,9-11H,4,8H2,2H3. The predicted molar refractivity (Wildman–Crippen MR) is 51.2 cm³/mol. The maximum atomic E-state index is 6.81. The van der Waals surface area contributed by atoms with Crippen LogP contribution in [0.1, 0.15) is 31.2 Å². The normalized spacial score (nSPS) is 12.0. The van der Waals surface area contributed by atoms with Crippen LogP contribution in [0.4, 0.5) is 0 Å². The molecule has 0 aromatic heterocycles. The van der Waals surface area contributed by atoms with Crippen LogP contribution in [0.15, 0.2) is 30.3 Å². The first-order valence-electron chi connectivity index (χ1n) is 4.29. The maximum absolute atomic E-state index is 6.81. The van der Waals surface area contributed by atoms with Gasteiger partial charge in [0.25, 0.3) is 0 Å². The summed E-state index contributed by atoms with van der Waals surface area (Å²) in [6, 6.07) is 10.4. The third kappa shape index (κ3) is 2.43. The Morgan fingerprint density at radius 2 is 2.00 bits per heavy atom. The number of benzene rings is 1. The lowest BCUT2D eigenvalue weighted by Crippen LogP contribution is -1.91. The molecule has 1 unspecified atom stereocenters. The second kappa shape index (κ2) is 4.62. The Kier molecular flexibility index (Phi) is 3.41. The van der Waals surface area contributed by atoms with Crippen molar-refractivity contribution in [3.05, 3.63) is 42.3 Å². The highest BCUT2D eigenvalue weighted by atomic mass is 14.1. The summed E-state index contributed by atoms with van der Waals surface area (Å²) in [5.74, 6) is 2.96. The van der Waals surface area contributed by atoms with E-state index in [4.69, 9.17) is 6.42 Å². The van der Waals surface area contributed by atoms with E-state index in [-0.39, 0.29) is 0 Å². The summed E-state index contributed by atoms with van der Waals surface area (Å²) in [5.41, 5.74) is 1.35. The van der Waals surface area contributed by atoms with Crippen LogP contribution in [0, 0.1) is 12.3 Å². The van der Waals surface area contributed by atoms with Crippen molar-refractivity contribution in [3.63, 3.8) is 0 Å². The van der Waals surface area contributed by atoms with Crippen molar-refractivity contribution < 1.29 is 0 Å². The molecule has 1 radical (unpaired) electrons. The monoisotopic (exact) mass is 157 g/mol. The van der Waals surface area contributed by atoms with Gasteiger partial charge in [0.1, 0.15) is 0 Å². The lowest BCUT2D eigenvalue weighted by molar-refractivity contribution is 0.698. The van der Waals surface area contributed by atoms with Crippen molar-refractivity contribution in [1.29, 1.82) is 0 Å². The Hall–Kier alpha value is -1.22. The summed E-state index contributed by atoms with van der Waals surface area (Å²) < 4.78 is 0. The first kappa shape index (κ1) is 8.87. The lowest BCUT2D eigenvalue weighted by Gasteiger charge is -2.08. The van der Waals surface area contributed by atoms with Crippen molar-refractivity contribution >= 4 is 0 Å². The first-order chi connectivity index (χ1) is 5.84. The van der Waals surface area contributed by atoms with E-state index in [0.717, 1.165) is 12.8 Å². The second-order valence-corrected chi connectivity index (χ2v) is 3.03. The molecule has 0 spiro atoms. The third-order valence-electron chi connectivity index (χ3n) is 2.07. The smallest absolute Gasteiger partial charge is 0.0105 e. The van der Waals surface area contributed by atoms with Crippen LogP contribution >= 0.6 is 0 Å². The highest BCUT2D eigenvalue weighted by Gasteiger charge is 2.02. The molecule has 0 saturated carbocycles. The predicted octanol–water partition coefficient (Wildman–Crippen LogP) is 3.16. The van der Waals surface area contributed by atoms with Gasteiger partial charge in [-0.3, -0.25) is 0 Å². The molecule has 0 amide bonds. The molecule has 1 aromatic carbocycles. The SMILES string of the molecule is [C]#CCCC(C)c1ccccc1. The van der Waals surface area contributed by atoms with E-state index in [2.05, 4.69) is 37.1 Å². The molecule has 0 heteroatoms. The van der Waals surface area contributed by atoms with Gasteiger partial charge in [-0.2, -0.15) is 0 Å². The summed E-state index contributed by atoms with van der Waals surface area (Å²) >= 11 is 0. The van der Waals surface area contributed by atoms with E-state index in [1.54, 1.807) is 0 Å². The van der Waals surface area contributed by atoms with Gasteiger partial charge in [0.2, 0.25) is 0 Å². The van der Waals surface area contributed by atoms with Gasteiger partial charge in [-0.25, -0.2) is 0 Å². The van der Waals surface area contributed by atoms with Gasteiger partial charge in [-0.05, 0) is 24.3 Å². The molecule has 0 saturated heterocycles. The lowest BCUT2D eigenvalue weighted by atomic mass is 9.97. The van der Waals surface area contributed by atoms with Gasteiger partial charge >= 0.3 is 0 Å².